The molecule has 0 unspecified atom stereocenters. The van der Waals surface area contributed by atoms with Crippen molar-refractivity contribution in [2.45, 2.75) is 31.0 Å². The number of rotatable bonds is 4. The molecule has 0 aromatic carbocycles. The molecule has 1 aliphatic heterocycles. The van der Waals surface area contributed by atoms with Crippen molar-refractivity contribution >= 4 is 13.2 Å². The molecule has 0 bridgehead atoms. The van der Waals surface area contributed by atoms with Gasteiger partial charge in [0.15, 0.2) is 6.23 Å². The summed E-state index contributed by atoms with van der Waals surface area (Å²) in [5.74, 6) is 0. The molecule has 1 aliphatic rings. The van der Waals surface area contributed by atoms with Gasteiger partial charge in [0.2, 0.25) is 0 Å². The first-order valence-electron chi connectivity index (χ1n) is 6.56. The number of ether oxygens (including phenoxy) is 1. The summed E-state index contributed by atoms with van der Waals surface area (Å²) in [6.07, 6.45) is 2.24. The molecule has 4 atom stereocenters. The molecule has 118 valence electrons. The van der Waals surface area contributed by atoms with Crippen LogP contribution in [0.15, 0.2) is 15.8 Å². The van der Waals surface area contributed by atoms with Gasteiger partial charge in [-0.25, -0.2) is 4.79 Å². The molecule has 1 aromatic heterocycles. The van der Waals surface area contributed by atoms with Crippen molar-refractivity contribution in [1.29, 1.82) is 0 Å². The van der Waals surface area contributed by atoms with Gasteiger partial charge in [-0.2, -0.15) is 9.78 Å². The molecule has 1 aromatic rings. The minimum absolute atomic E-state index is 0.539. The summed E-state index contributed by atoms with van der Waals surface area (Å²) in [7, 11) is 0. The number of nitrogens with zero attached hydrogens (tertiary/aromatic N) is 2. The molecule has 0 amide bonds. The van der Waals surface area contributed by atoms with E-state index in [9.17, 15) is 19.8 Å². The van der Waals surface area contributed by atoms with Crippen molar-refractivity contribution in [3.8, 4) is 0 Å². The highest BCUT2D eigenvalue weighted by molar-refractivity contribution is 7.72. The van der Waals surface area contributed by atoms with Crippen molar-refractivity contribution in [2.75, 3.05) is 19.5 Å². The van der Waals surface area contributed by atoms with Gasteiger partial charge in [-0.3, -0.25) is 9.78 Å². The zero-order valence-electron chi connectivity index (χ0n) is 12.0. The van der Waals surface area contributed by atoms with E-state index in [-0.39, 0.29) is 0 Å². The van der Waals surface area contributed by atoms with E-state index in [0.717, 1.165) is 17.0 Å². The van der Waals surface area contributed by atoms with Gasteiger partial charge in [-0.1, -0.05) is 0 Å². The van der Waals surface area contributed by atoms with E-state index in [0.29, 0.717) is 6.42 Å². The number of hydrogen-bond acceptors (Lipinski definition) is 6. The maximum atomic E-state index is 11.7. The number of aliphatic hydroxyl groups is 2. The van der Waals surface area contributed by atoms with E-state index in [1.807, 2.05) is 4.98 Å². The lowest BCUT2D eigenvalue weighted by Gasteiger charge is -2.18. The van der Waals surface area contributed by atoms with Crippen molar-refractivity contribution < 1.29 is 14.9 Å². The van der Waals surface area contributed by atoms with Crippen LogP contribution in [0.25, 0.3) is 0 Å². The first-order valence-corrected chi connectivity index (χ1v) is 9.61. The predicted molar refractivity (Wildman–Crippen MR) is 80.4 cm³/mol. The second-order valence-corrected chi connectivity index (χ2v) is 10.2. The SMILES string of the molecule is C=P(C)(C)CC[C@H]1O[C@@H](n2ncc(=O)[nH]c2=O)[C@H](O)[C@@H]1O. The summed E-state index contributed by atoms with van der Waals surface area (Å²) >= 11 is 0. The van der Waals surface area contributed by atoms with Crippen molar-refractivity contribution in [2.24, 2.45) is 0 Å². The lowest BCUT2D eigenvalue weighted by atomic mass is 10.1. The summed E-state index contributed by atoms with van der Waals surface area (Å²) in [6.45, 7) is 2.85. The minimum atomic E-state index is -1.28. The number of H-pyrrole nitrogens is 1. The van der Waals surface area contributed by atoms with Gasteiger partial charge >= 0.3 is 5.69 Å². The van der Waals surface area contributed by atoms with Gasteiger partial charge in [0, 0.05) is 0 Å². The summed E-state index contributed by atoms with van der Waals surface area (Å²) in [5, 5.41) is 23.7. The van der Waals surface area contributed by atoms with Crippen LogP contribution in [-0.4, -0.2) is 69.1 Å². The summed E-state index contributed by atoms with van der Waals surface area (Å²) in [4.78, 5) is 24.7. The molecule has 3 N–H and O–H groups in total. The fraction of sp³-hybridized carbons (Fsp3) is 0.667. The molecule has 1 saturated heterocycles. The van der Waals surface area contributed by atoms with Crippen LogP contribution in [0.2, 0.25) is 0 Å². The number of aromatic nitrogens is 3. The Hall–Kier alpha value is -1.21. The van der Waals surface area contributed by atoms with Crippen molar-refractivity contribution in [3.63, 3.8) is 0 Å². The van der Waals surface area contributed by atoms with E-state index in [1.54, 1.807) is 0 Å². The van der Waals surface area contributed by atoms with E-state index in [1.165, 1.54) is 0 Å². The first-order chi connectivity index (χ1) is 9.69. The molecule has 0 aliphatic carbocycles. The Morgan fingerprint density at radius 1 is 1.43 bits per heavy atom. The van der Waals surface area contributed by atoms with Gasteiger partial charge in [-0.05, 0) is 25.9 Å². The molecule has 1 fully saturated rings. The minimum Gasteiger partial charge on any atom is -0.388 e. The van der Waals surface area contributed by atoms with Crippen LogP contribution in [-0.2, 0) is 4.74 Å². The molecule has 8 nitrogen and oxygen atoms in total. The topological polar surface area (TPSA) is 117 Å². The number of hydrogen-bond donors (Lipinski definition) is 3. The average Bonchev–Trinajstić information content (AvgIpc) is 2.64. The maximum absolute atomic E-state index is 11.7. The molecule has 0 saturated carbocycles. The maximum Gasteiger partial charge on any atom is 0.347 e. The molecule has 21 heavy (non-hydrogen) atoms. The van der Waals surface area contributed by atoms with Crippen LogP contribution in [0.3, 0.4) is 0 Å². The Morgan fingerprint density at radius 2 is 2.10 bits per heavy atom. The molecular weight excluding hydrogens is 297 g/mol. The zero-order valence-corrected chi connectivity index (χ0v) is 12.9. The van der Waals surface area contributed by atoms with Crippen LogP contribution in [0.4, 0.5) is 0 Å². The Bertz CT molecular complexity index is 663. The number of nitrogens with one attached hydrogen (secondary N) is 1. The van der Waals surface area contributed by atoms with Gasteiger partial charge < -0.3 is 14.9 Å². The summed E-state index contributed by atoms with van der Waals surface area (Å²) in [5.41, 5.74) is -1.42. The highest BCUT2D eigenvalue weighted by Crippen LogP contribution is 2.39. The van der Waals surface area contributed by atoms with Crippen molar-refractivity contribution in [3.05, 3.63) is 27.0 Å². The zero-order chi connectivity index (χ0) is 15.8. The normalized spacial score (nSPS) is 29.7. The largest absolute Gasteiger partial charge is 0.388 e. The third-order valence-corrected chi connectivity index (χ3v) is 4.80. The van der Waals surface area contributed by atoms with Crippen LogP contribution in [0, 0.1) is 0 Å². The Kier molecular flexibility index (Phi) is 4.53. The fourth-order valence-corrected chi connectivity index (χ4v) is 3.14. The summed E-state index contributed by atoms with van der Waals surface area (Å²) in [6, 6.07) is 0. The van der Waals surface area contributed by atoms with E-state index in [2.05, 4.69) is 24.7 Å². The quantitative estimate of drug-likeness (QED) is 0.591. The lowest BCUT2D eigenvalue weighted by Crippen LogP contribution is -2.39. The van der Waals surface area contributed by atoms with Crippen LogP contribution >= 0.6 is 6.89 Å². The second kappa shape index (κ2) is 5.88. The van der Waals surface area contributed by atoms with E-state index in [4.69, 9.17) is 4.74 Å². The summed E-state index contributed by atoms with van der Waals surface area (Å²) < 4.78 is 6.39. The third-order valence-electron chi connectivity index (χ3n) is 3.33. The van der Waals surface area contributed by atoms with Crippen molar-refractivity contribution in [1.82, 2.24) is 14.8 Å². The molecule has 9 heteroatoms. The number of aliphatic hydroxyl groups excluding tert-OH is 2. The fourth-order valence-electron chi connectivity index (χ4n) is 2.19. The third kappa shape index (κ3) is 3.71. The Balaban J connectivity index is 2.18. The highest BCUT2D eigenvalue weighted by atomic mass is 31.2. The molecular formula is C12H20N3O5P. The van der Waals surface area contributed by atoms with E-state index < -0.39 is 42.7 Å². The Morgan fingerprint density at radius 3 is 2.67 bits per heavy atom. The first kappa shape index (κ1) is 16.2. The van der Waals surface area contributed by atoms with Gasteiger partial charge in [-0.15, -0.1) is 13.2 Å². The standard InChI is InChI=1S/C12H20N3O5P/c1-21(2,3)5-4-7-9(17)10(18)11(20-7)15-12(19)14-8(16)6-13-15/h6-7,9-11,17-18H,1,4-5H2,2-3H3,(H,14,16,19)/t7-,9-,10-,11-/m1/s1. The van der Waals surface area contributed by atoms with Gasteiger partial charge in [0.1, 0.15) is 18.4 Å². The smallest absolute Gasteiger partial charge is 0.347 e. The highest BCUT2D eigenvalue weighted by Gasteiger charge is 2.44. The average molecular weight is 317 g/mol. The van der Waals surface area contributed by atoms with Gasteiger partial charge in [0.25, 0.3) is 5.56 Å². The molecule has 2 rings (SSSR count). The monoisotopic (exact) mass is 317 g/mol. The molecule has 0 radical (unpaired) electrons. The second-order valence-electron chi connectivity index (χ2n) is 5.88. The van der Waals surface area contributed by atoms with Crippen LogP contribution in [0.1, 0.15) is 12.6 Å². The molecule has 2 heterocycles. The number of aromatic amines is 1. The van der Waals surface area contributed by atoms with Crippen LogP contribution in [0.5, 0.6) is 0 Å². The van der Waals surface area contributed by atoms with Crippen LogP contribution < -0.4 is 11.2 Å². The predicted octanol–water partition coefficient (Wildman–Crippen LogP) is -1.35. The van der Waals surface area contributed by atoms with Gasteiger partial charge in [0.05, 0.1) is 6.10 Å². The lowest BCUT2D eigenvalue weighted by molar-refractivity contribution is -0.0485. The van der Waals surface area contributed by atoms with E-state index >= 15 is 0 Å². The molecule has 0 spiro atoms. The Labute approximate surface area is 121 Å².